The van der Waals surface area contributed by atoms with Crippen LogP contribution in [0.2, 0.25) is 0 Å². The van der Waals surface area contributed by atoms with Gasteiger partial charge in [0, 0.05) is 12.1 Å². The molecule has 110 valence electrons. The molecule has 0 spiro atoms. The van der Waals surface area contributed by atoms with Crippen molar-refractivity contribution in [3.05, 3.63) is 17.5 Å². The Hall–Kier alpha value is -1.32. The monoisotopic (exact) mass is 276 g/mol. The molecule has 0 saturated heterocycles. The molecule has 2 fully saturated rings. The van der Waals surface area contributed by atoms with Crippen molar-refractivity contribution in [3.63, 3.8) is 0 Å². The van der Waals surface area contributed by atoms with Crippen LogP contribution in [0.25, 0.3) is 0 Å². The van der Waals surface area contributed by atoms with Crippen LogP contribution in [0, 0.1) is 0 Å². The lowest BCUT2D eigenvalue weighted by Crippen LogP contribution is -2.09. The second-order valence-electron chi connectivity index (χ2n) is 6.34. The molecule has 4 heteroatoms. The number of aromatic nitrogens is 2. The molecule has 0 amide bonds. The number of carboxylic acids is 1. The molecule has 4 nitrogen and oxygen atoms in total. The lowest BCUT2D eigenvalue weighted by atomic mass is 10.0. The minimum absolute atomic E-state index is 0.369. The fraction of sp³-hybridized carbons (Fsp3) is 0.750. The lowest BCUT2D eigenvalue weighted by molar-refractivity contribution is 0.0695. The predicted octanol–water partition coefficient (Wildman–Crippen LogP) is 4.13. The van der Waals surface area contributed by atoms with Gasteiger partial charge in [-0.25, -0.2) is 4.79 Å². The van der Waals surface area contributed by atoms with Crippen molar-refractivity contribution in [2.75, 3.05) is 0 Å². The summed E-state index contributed by atoms with van der Waals surface area (Å²) in [6, 6.07) is 0.408. The summed E-state index contributed by atoms with van der Waals surface area (Å²) in [4.78, 5) is 11.5. The minimum Gasteiger partial charge on any atom is -0.478 e. The maximum absolute atomic E-state index is 11.5. The van der Waals surface area contributed by atoms with Crippen LogP contribution in [0.3, 0.4) is 0 Å². The normalized spacial score (nSPS) is 22.0. The summed E-state index contributed by atoms with van der Waals surface area (Å²) in [5.41, 5.74) is 1.29. The smallest absolute Gasteiger partial charge is 0.339 e. The van der Waals surface area contributed by atoms with E-state index >= 15 is 0 Å². The van der Waals surface area contributed by atoms with Crippen LogP contribution in [0.5, 0.6) is 0 Å². The van der Waals surface area contributed by atoms with Gasteiger partial charge in [0.05, 0.1) is 11.7 Å². The fourth-order valence-electron chi connectivity index (χ4n) is 3.78. The van der Waals surface area contributed by atoms with E-state index in [1.807, 2.05) is 4.68 Å². The van der Waals surface area contributed by atoms with Crippen LogP contribution in [-0.2, 0) is 0 Å². The highest BCUT2D eigenvalue weighted by Crippen LogP contribution is 2.36. The van der Waals surface area contributed by atoms with Gasteiger partial charge in [0.2, 0.25) is 0 Å². The third kappa shape index (κ3) is 2.74. The van der Waals surface area contributed by atoms with Gasteiger partial charge in [-0.1, -0.05) is 38.5 Å². The third-order valence-corrected chi connectivity index (χ3v) is 4.93. The average Bonchev–Trinajstić information content (AvgIpc) is 3.02. The standard InChI is InChI=1S/C16H24N2O2/c19-16(20)14-11-18(13-9-3-1-2-4-10-13)17-15(14)12-7-5-6-8-12/h11-13H,1-10H2,(H,19,20). The van der Waals surface area contributed by atoms with Crippen LogP contribution < -0.4 is 0 Å². The van der Waals surface area contributed by atoms with Crippen molar-refractivity contribution >= 4 is 5.97 Å². The van der Waals surface area contributed by atoms with Crippen LogP contribution in [0.1, 0.15) is 92.2 Å². The molecule has 3 rings (SSSR count). The molecule has 20 heavy (non-hydrogen) atoms. The van der Waals surface area contributed by atoms with Gasteiger partial charge in [-0.05, 0) is 25.7 Å². The van der Waals surface area contributed by atoms with Crippen molar-refractivity contribution in [1.82, 2.24) is 9.78 Å². The van der Waals surface area contributed by atoms with Crippen LogP contribution >= 0.6 is 0 Å². The zero-order valence-electron chi connectivity index (χ0n) is 12.1. The molecule has 0 aliphatic heterocycles. The first-order valence-corrected chi connectivity index (χ1v) is 8.08. The Bertz CT molecular complexity index is 467. The highest BCUT2D eigenvalue weighted by molar-refractivity contribution is 5.88. The Morgan fingerprint density at radius 2 is 1.65 bits per heavy atom. The van der Waals surface area contributed by atoms with Gasteiger partial charge in [-0.15, -0.1) is 0 Å². The molecular weight excluding hydrogens is 252 g/mol. The lowest BCUT2D eigenvalue weighted by Gasteiger charge is -2.14. The number of rotatable bonds is 3. The van der Waals surface area contributed by atoms with E-state index in [0.717, 1.165) is 31.4 Å². The molecule has 2 aliphatic rings. The van der Waals surface area contributed by atoms with Crippen molar-refractivity contribution < 1.29 is 9.90 Å². The van der Waals surface area contributed by atoms with Crippen LogP contribution in [-0.4, -0.2) is 20.9 Å². The van der Waals surface area contributed by atoms with Crippen LogP contribution in [0.15, 0.2) is 6.20 Å². The SMILES string of the molecule is O=C(O)c1cn(C2CCCCCC2)nc1C1CCCC1. The molecule has 0 bridgehead atoms. The summed E-state index contributed by atoms with van der Waals surface area (Å²) in [6.45, 7) is 0. The van der Waals surface area contributed by atoms with Crippen molar-refractivity contribution in [1.29, 1.82) is 0 Å². The maximum atomic E-state index is 11.5. The maximum Gasteiger partial charge on any atom is 0.339 e. The van der Waals surface area contributed by atoms with Gasteiger partial charge in [-0.3, -0.25) is 4.68 Å². The van der Waals surface area contributed by atoms with Gasteiger partial charge in [-0.2, -0.15) is 5.10 Å². The highest BCUT2D eigenvalue weighted by atomic mass is 16.4. The van der Waals surface area contributed by atoms with E-state index < -0.39 is 5.97 Å². The molecular formula is C16H24N2O2. The topological polar surface area (TPSA) is 55.1 Å². The molecule has 1 heterocycles. The van der Waals surface area contributed by atoms with Crippen molar-refractivity contribution in [2.24, 2.45) is 0 Å². The Morgan fingerprint density at radius 1 is 1.05 bits per heavy atom. The zero-order valence-corrected chi connectivity index (χ0v) is 12.1. The first-order chi connectivity index (χ1) is 9.75. The number of carbonyl (C=O) groups is 1. The summed E-state index contributed by atoms with van der Waals surface area (Å²) < 4.78 is 1.97. The van der Waals surface area contributed by atoms with E-state index in [9.17, 15) is 9.90 Å². The molecule has 0 radical (unpaired) electrons. The highest BCUT2D eigenvalue weighted by Gasteiger charge is 2.27. The van der Waals surface area contributed by atoms with Gasteiger partial charge in [0.25, 0.3) is 0 Å². The Morgan fingerprint density at radius 3 is 2.25 bits per heavy atom. The molecule has 1 aromatic heterocycles. The Kier molecular flexibility index (Phi) is 4.08. The summed E-state index contributed by atoms with van der Waals surface area (Å²) in [5.74, 6) is -0.445. The van der Waals surface area contributed by atoms with Crippen molar-refractivity contribution in [2.45, 2.75) is 76.2 Å². The van der Waals surface area contributed by atoms with Gasteiger partial charge in [0.15, 0.2) is 0 Å². The molecule has 1 aromatic rings. The molecule has 0 aromatic carbocycles. The van der Waals surface area contributed by atoms with Gasteiger partial charge >= 0.3 is 5.97 Å². The first-order valence-electron chi connectivity index (χ1n) is 8.08. The summed E-state index contributed by atoms with van der Waals surface area (Å²) in [6.07, 6.45) is 13.8. The second kappa shape index (κ2) is 5.98. The number of carboxylic acid groups (broad SMARTS) is 1. The van der Waals surface area contributed by atoms with E-state index in [-0.39, 0.29) is 0 Å². The van der Waals surface area contributed by atoms with E-state index in [4.69, 9.17) is 5.10 Å². The Labute approximate surface area is 120 Å². The quantitative estimate of drug-likeness (QED) is 0.844. The first kappa shape index (κ1) is 13.7. The number of nitrogens with zero attached hydrogens (tertiary/aromatic N) is 2. The minimum atomic E-state index is -0.813. The van der Waals surface area contributed by atoms with Gasteiger partial charge in [0.1, 0.15) is 5.56 Å². The van der Waals surface area contributed by atoms with E-state index in [2.05, 4.69) is 0 Å². The van der Waals surface area contributed by atoms with E-state index in [0.29, 0.717) is 17.5 Å². The summed E-state index contributed by atoms with van der Waals surface area (Å²) >= 11 is 0. The number of hydrogen-bond donors (Lipinski definition) is 1. The molecule has 0 unspecified atom stereocenters. The average molecular weight is 276 g/mol. The zero-order chi connectivity index (χ0) is 13.9. The number of hydrogen-bond acceptors (Lipinski definition) is 2. The van der Waals surface area contributed by atoms with Gasteiger partial charge < -0.3 is 5.11 Å². The molecule has 2 saturated carbocycles. The number of aromatic carboxylic acids is 1. The van der Waals surface area contributed by atoms with E-state index in [1.54, 1.807) is 6.20 Å². The molecule has 1 N–H and O–H groups in total. The Balaban J connectivity index is 1.87. The summed E-state index contributed by atoms with van der Waals surface area (Å²) in [5, 5.41) is 14.2. The van der Waals surface area contributed by atoms with Crippen molar-refractivity contribution in [3.8, 4) is 0 Å². The third-order valence-electron chi connectivity index (χ3n) is 4.93. The summed E-state index contributed by atoms with van der Waals surface area (Å²) in [7, 11) is 0. The van der Waals surface area contributed by atoms with Crippen LogP contribution in [0.4, 0.5) is 0 Å². The fourth-order valence-corrected chi connectivity index (χ4v) is 3.78. The second-order valence-corrected chi connectivity index (χ2v) is 6.34. The molecule has 0 atom stereocenters. The largest absolute Gasteiger partial charge is 0.478 e. The molecule has 2 aliphatic carbocycles. The van der Waals surface area contributed by atoms with E-state index in [1.165, 1.54) is 38.5 Å². The predicted molar refractivity (Wildman–Crippen MR) is 77.1 cm³/mol.